The zero-order valence-corrected chi connectivity index (χ0v) is 15.5. The van der Waals surface area contributed by atoms with Gasteiger partial charge in [0.05, 0.1) is 12.2 Å². The highest BCUT2D eigenvalue weighted by atomic mass is 16.5. The number of hydrogen-bond donors (Lipinski definition) is 1. The fourth-order valence-corrected chi connectivity index (χ4v) is 2.38. The molecule has 6 nitrogen and oxygen atoms in total. The van der Waals surface area contributed by atoms with Crippen molar-refractivity contribution in [3.05, 3.63) is 53.7 Å². The maximum absolute atomic E-state index is 12.4. The third-order valence-corrected chi connectivity index (χ3v) is 3.74. The van der Waals surface area contributed by atoms with Crippen molar-refractivity contribution in [1.29, 1.82) is 0 Å². The molecule has 0 aliphatic carbocycles. The predicted molar refractivity (Wildman–Crippen MR) is 99.4 cm³/mol. The standard InChI is InChI=1S/C20H24N2O4/c1-5-25-20(24)15-10-11-21-18(12-15)22-19(23)14(4)26-17-9-7-6-8-16(17)13(2)3/h6-14H,5H2,1-4H3,(H,21,22,23). The van der Waals surface area contributed by atoms with Gasteiger partial charge < -0.3 is 14.8 Å². The van der Waals surface area contributed by atoms with Gasteiger partial charge in [-0.2, -0.15) is 0 Å². The van der Waals surface area contributed by atoms with Gasteiger partial charge in [-0.25, -0.2) is 9.78 Å². The molecule has 0 saturated heterocycles. The van der Waals surface area contributed by atoms with Crippen LogP contribution in [-0.4, -0.2) is 29.6 Å². The maximum Gasteiger partial charge on any atom is 0.338 e. The number of anilines is 1. The molecule has 0 aliphatic rings. The first-order chi connectivity index (χ1) is 12.4. The molecule has 0 saturated carbocycles. The van der Waals surface area contributed by atoms with Crippen molar-refractivity contribution in [2.75, 3.05) is 11.9 Å². The number of rotatable bonds is 7. The summed E-state index contributed by atoms with van der Waals surface area (Å²) < 4.78 is 10.8. The van der Waals surface area contributed by atoms with E-state index in [2.05, 4.69) is 24.1 Å². The summed E-state index contributed by atoms with van der Waals surface area (Å²) in [4.78, 5) is 28.2. The fraction of sp³-hybridized carbons (Fsp3) is 0.350. The largest absolute Gasteiger partial charge is 0.481 e. The first-order valence-corrected chi connectivity index (χ1v) is 8.62. The van der Waals surface area contributed by atoms with Crippen molar-refractivity contribution in [2.45, 2.75) is 39.7 Å². The average molecular weight is 356 g/mol. The van der Waals surface area contributed by atoms with Gasteiger partial charge in [-0.3, -0.25) is 4.79 Å². The second-order valence-corrected chi connectivity index (χ2v) is 6.09. The minimum Gasteiger partial charge on any atom is -0.481 e. The lowest BCUT2D eigenvalue weighted by molar-refractivity contribution is -0.122. The van der Waals surface area contributed by atoms with Crippen LogP contribution in [-0.2, 0) is 9.53 Å². The van der Waals surface area contributed by atoms with Gasteiger partial charge in [-0.05, 0) is 43.5 Å². The van der Waals surface area contributed by atoms with Crippen LogP contribution in [0.15, 0.2) is 42.6 Å². The van der Waals surface area contributed by atoms with E-state index in [0.29, 0.717) is 11.3 Å². The molecule has 0 radical (unpaired) electrons. The number of pyridine rings is 1. The van der Waals surface area contributed by atoms with Crippen LogP contribution in [0.3, 0.4) is 0 Å². The molecule has 6 heteroatoms. The number of nitrogens with one attached hydrogen (secondary N) is 1. The van der Waals surface area contributed by atoms with Gasteiger partial charge in [-0.15, -0.1) is 0 Å². The van der Waals surface area contributed by atoms with Crippen LogP contribution >= 0.6 is 0 Å². The number of aromatic nitrogens is 1. The molecule has 1 aromatic heterocycles. The van der Waals surface area contributed by atoms with Gasteiger partial charge in [-0.1, -0.05) is 32.0 Å². The molecule has 1 unspecified atom stereocenters. The van der Waals surface area contributed by atoms with E-state index in [1.54, 1.807) is 13.8 Å². The number of carbonyl (C=O) groups is 2. The number of esters is 1. The molecule has 26 heavy (non-hydrogen) atoms. The Morgan fingerprint density at radius 1 is 1.15 bits per heavy atom. The second kappa shape index (κ2) is 8.99. The predicted octanol–water partition coefficient (Wildman–Crippen LogP) is 3.79. The molecule has 0 bridgehead atoms. The Bertz CT molecular complexity index is 774. The minimum atomic E-state index is -0.719. The lowest BCUT2D eigenvalue weighted by atomic mass is 10.0. The molecular weight excluding hydrogens is 332 g/mol. The van der Waals surface area contributed by atoms with Crippen LogP contribution < -0.4 is 10.1 Å². The van der Waals surface area contributed by atoms with Crippen molar-refractivity contribution in [2.24, 2.45) is 0 Å². The van der Waals surface area contributed by atoms with Gasteiger partial charge in [0, 0.05) is 6.20 Å². The molecule has 138 valence electrons. The third kappa shape index (κ3) is 5.05. The van der Waals surface area contributed by atoms with Crippen LogP contribution in [0, 0.1) is 0 Å². The highest BCUT2D eigenvalue weighted by Crippen LogP contribution is 2.26. The third-order valence-electron chi connectivity index (χ3n) is 3.74. The summed E-state index contributed by atoms with van der Waals surface area (Å²) in [5, 5.41) is 2.67. The maximum atomic E-state index is 12.4. The highest BCUT2D eigenvalue weighted by Gasteiger charge is 2.18. The quantitative estimate of drug-likeness (QED) is 0.764. The molecule has 1 heterocycles. The van der Waals surface area contributed by atoms with Crippen LogP contribution in [0.4, 0.5) is 5.82 Å². The van der Waals surface area contributed by atoms with Crippen LogP contribution in [0.1, 0.15) is 49.5 Å². The minimum absolute atomic E-state index is 0.271. The van der Waals surface area contributed by atoms with Gasteiger partial charge in [0.2, 0.25) is 0 Å². The van der Waals surface area contributed by atoms with Crippen molar-refractivity contribution in [3.8, 4) is 5.75 Å². The summed E-state index contributed by atoms with van der Waals surface area (Å²) in [5.74, 6) is 0.425. The molecule has 0 fully saturated rings. The van der Waals surface area contributed by atoms with Gasteiger partial charge in [0.15, 0.2) is 6.10 Å². The Labute approximate surface area is 153 Å². The zero-order chi connectivity index (χ0) is 19.1. The van der Waals surface area contributed by atoms with E-state index >= 15 is 0 Å². The lowest BCUT2D eigenvalue weighted by Gasteiger charge is -2.18. The molecule has 1 atom stereocenters. The molecule has 2 rings (SSSR count). The Hall–Kier alpha value is -2.89. The first kappa shape index (κ1) is 19.4. The summed E-state index contributed by atoms with van der Waals surface area (Å²) in [6.07, 6.45) is 0.726. The summed E-state index contributed by atoms with van der Waals surface area (Å²) in [7, 11) is 0. The number of para-hydroxylation sites is 1. The molecule has 1 aromatic carbocycles. The Kier molecular flexibility index (Phi) is 6.72. The van der Waals surface area contributed by atoms with Crippen molar-refractivity contribution in [1.82, 2.24) is 4.98 Å². The Morgan fingerprint density at radius 3 is 2.58 bits per heavy atom. The summed E-state index contributed by atoms with van der Waals surface area (Å²) in [6.45, 7) is 7.82. The van der Waals surface area contributed by atoms with E-state index < -0.39 is 12.1 Å². The lowest BCUT2D eigenvalue weighted by Crippen LogP contribution is -2.30. The van der Waals surface area contributed by atoms with Crippen LogP contribution in [0.25, 0.3) is 0 Å². The average Bonchev–Trinajstić information content (AvgIpc) is 2.62. The second-order valence-electron chi connectivity index (χ2n) is 6.09. The molecule has 1 N–H and O–H groups in total. The Morgan fingerprint density at radius 2 is 1.88 bits per heavy atom. The number of carbonyl (C=O) groups excluding carboxylic acids is 2. The normalized spacial score (nSPS) is 11.7. The van der Waals surface area contributed by atoms with Crippen molar-refractivity contribution < 1.29 is 19.1 Å². The van der Waals surface area contributed by atoms with E-state index in [0.717, 1.165) is 5.56 Å². The molecule has 0 aliphatic heterocycles. The zero-order valence-electron chi connectivity index (χ0n) is 15.5. The number of nitrogens with zero attached hydrogens (tertiary/aromatic N) is 1. The van der Waals surface area contributed by atoms with Gasteiger partial charge in [0.25, 0.3) is 5.91 Å². The monoisotopic (exact) mass is 356 g/mol. The summed E-state index contributed by atoms with van der Waals surface area (Å²) in [6, 6.07) is 10.7. The first-order valence-electron chi connectivity index (χ1n) is 8.62. The SMILES string of the molecule is CCOC(=O)c1ccnc(NC(=O)C(C)Oc2ccccc2C(C)C)c1. The molecule has 2 aromatic rings. The molecular formula is C20H24N2O4. The smallest absolute Gasteiger partial charge is 0.338 e. The number of benzene rings is 1. The van der Waals surface area contributed by atoms with E-state index in [1.807, 2.05) is 24.3 Å². The topological polar surface area (TPSA) is 77.5 Å². The van der Waals surface area contributed by atoms with Gasteiger partial charge in [0.1, 0.15) is 11.6 Å². The Balaban J connectivity index is 2.06. The van der Waals surface area contributed by atoms with Crippen LogP contribution in [0.5, 0.6) is 5.75 Å². The summed E-state index contributed by atoms with van der Waals surface area (Å²) in [5.41, 5.74) is 1.37. The fourth-order valence-electron chi connectivity index (χ4n) is 2.38. The van der Waals surface area contributed by atoms with Crippen LogP contribution in [0.2, 0.25) is 0 Å². The number of amides is 1. The van der Waals surface area contributed by atoms with Crippen molar-refractivity contribution in [3.63, 3.8) is 0 Å². The van der Waals surface area contributed by atoms with E-state index in [-0.39, 0.29) is 24.2 Å². The highest BCUT2D eigenvalue weighted by molar-refractivity contribution is 5.95. The number of hydrogen-bond acceptors (Lipinski definition) is 5. The number of ether oxygens (including phenoxy) is 2. The summed E-state index contributed by atoms with van der Waals surface area (Å²) >= 11 is 0. The molecule has 1 amide bonds. The molecule has 0 spiro atoms. The van der Waals surface area contributed by atoms with Crippen molar-refractivity contribution >= 4 is 17.7 Å². The van der Waals surface area contributed by atoms with Gasteiger partial charge >= 0.3 is 5.97 Å². The van der Waals surface area contributed by atoms with E-state index in [9.17, 15) is 9.59 Å². The van der Waals surface area contributed by atoms with E-state index in [4.69, 9.17) is 9.47 Å². The van der Waals surface area contributed by atoms with E-state index in [1.165, 1.54) is 18.3 Å².